The van der Waals surface area contributed by atoms with Crippen LogP contribution in [-0.4, -0.2) is 11.7 Å². The van der Waals surface area contributed by atoms with Crippen molar-refractivity contribution in [3.05, 3.63) is 66.8 Å². The van der Waals surface area contributed by atoms with Crippen LogP contribution in [0.25, 0.3) is 0 Å². The minimum atomic E-state index is -0.339. The molecule has 3 heteroatoms. The van der Waals surface area contributed by atoms with Crippen molar-refractivity contribution in [2.24, 2.45) is 0 Å². The molecule has 2 aromatic carbocycles. The van der Waals surface area contributed by atoms with E-state index in [1.165, 1.54) is 7.14 Å². The van der Waals surface area contributed by atoms with Gasteiger partial charge < -0.3 is 5.11 Å². The van der Waals surface area contributed by atoms with Crippen LogP contribution >= 0.6 is 45.2 Å². The first-order chi connectivity index (χ1) is 8.56. The van der Waals surface area contributed by atoms with Crippen LogP contribution in [-0.2, 0) is 5.41 Å². The number of halogens is 2. The van der Waals surface area contributed by atoms with E-state index in [0.717, 1.165) is 11.1 Å². The predicted molar refractivity (Wildman–Crippen MR) is 91.9 cm³/mol. The minimum Gasteiger partial charge on any atom is -0.395 e. The van der Waals surface area contributed by atoms with Gasteiger partial charge in [0.25, 0.3) is 0 Å². The molecule has 0 saturated carbocycles. The second-order valence-electron chi connectivity index (χ2n) is 4.50. The van der Waals surface area contributed by atoms with E-state index < -0.39 is 0 Å². The lowest BCUT2D eigenvalue weighted by Crippen LogP contribution is -2.28. The molecule has 0 atom stereocenters. The Kier molecular flexibility index (Phi) is 4.66. The molecule has 2 aromatic rings. The van der Waals surface area contributed by atoms with Crippen molar-refractivity contribution in [1.82, 2.24) is 0 Å². The maximum Gasteiger partial charge on any atom is 0.0566 e. The number of aliphatic hydroxyl groups excluding tert-OH is 1. The van der Waals surface area contributed by atoms with E-state index in [0.29, 0.717) is 0 Å². The van der Waals surface area contributed by atoms with E-state index in [-0.39, 0.29) is 12.0 Å². The Balaban J connectivity index is 2.47. The molecule has 0 aliphatic heterocycles. The third-order valence-electron chi connectivity index (χ3n) is 3.28. The van der Waals surface area contributed by atoms with Gasteiger partial charge in [-0.25, -0.2) is 0 Å². The Labute approximate surface area is 135 Å². The van der Waals surface area contributed by atoms with Gasteiger partial charge in [0.15, 0.2) is 0 Å². The van der Waals surface area contributed by atoms with Gasteiger partial charge in [-0.1, -0.05) is 24.3 Å². The number of benzene rings is 2. The molecular formula is C15H14I2O. The van der Waals surface area contributed by atoms with Crippen LogP contribution in [0.1, 0.15) is 18.1 Å². The molecule has 0 fully saturated rings. The molecule has 0 aliphatic rings. The van der Waals surface area contributed by atoms with Crippen LogP contribution in [0.3, 0.4) is 0 Å². The highest BCUT2D eigenvalue weighted by atomic mass is 127. The lowest BCUT2D eigenvalue weighted by molar-refractivity contribution is 0.231. The third kappa shape index (κ3) is 2.88. The predicted octanol–water partition coefficient (Wildman–Crippen LogP) is 4.19. The molecule has 18 heavy (non-hydrogen) atoms. The van der Waals surface area contributed by atoms with Gasteiger partial charge in [0.2, 0.25) is 0 Å². The van der Waals surface area contributed by atoms with Gasteiger partial charge >= 0.3 is 0 Å². The zero-order valence-corrected chi connectivity index (χ0v) is 14.3. The summed E-state index contributed by atoms with van der Waals surface area (Å²) in [6.07, 6.45) is 0. The van der Waals surface area contributed by atoms with Crippen LogP contribution in [0, 0.1) is 7.14 Å². The van der Waals surface area contributed by atoms with Crippen molar-refractivity contribution >= 4 is 45.2 Å². The number of aliphatic hydroxyl groups is 1. The van der Waals surface area contributed by atoms with Gasteiger partial charge in [0.1, 0.15) is 0 Å². The molecule has 0 aromatic heterocycles. The van der Waals surface area contributed by atoms with E-state index >= 15 is 0 Å². The molecule has 1 N–H and O–H groups in total. The lowest BCUT2D eigenvalue weighted by Gasteiger charge is -2.28. The summed E-state index contributed by atoms with van der Waals surface area (Å²) in [5.74, 6) is 0. The summed E-state index contributed by atoms with van der Waals surface area (Å²) in [4.78, 5) is 0. The second-order valence-corrected chi connectivity index (χ2v) is 7.00. The number of rotatable bonds is 3. The molecule has 0 spiro atoms. The highest BCUT2D eigenvalue weighted by molar-refractivity contribution is 14.1. The summed E-state index contributed by atoms with van der Waals surface area (Å²) in [5.41, 5.74) is 1.95. The minimum absolute atomic E-state index is 0.105. The van der Waals surface area contributed by atoms with Crippen molar-refractivity contribution in [2.45, 2.75) is 12.3 Å². The fraction of sp³-hybridized carbons (Fsp3) is 0.200. The van der Waals surface area contributed by atoms with Gasteiger partial charge in [-0.05, 0) is 87.5 Å². The average Bonchev–Trinajstić information content (AvgIpc) is 2.39. The van der Waals surface area contributed by atoms with Gasteiger partial charge in [-0.3, -0.25) is 0 Å². The molecule has 0 amide bonds. The first-order valence-electron chi connectivity index (χ1n) is 5.69. The molecule has 0 radical (unpaired) electrons. The van der Waals surface area contributed by atoms with Crippen LogP contribution in [0.5, 0.6) is 0 Å². The van der Waals surface area contributed by atoms with Gasteiger partial charge in [-0.2, -0.15) is 0 Å². The Bertz CT molecular complexity index is 472. The summed E-state index contributed by atoms with van der Waals surface area (Å²) < 4.78 is 2.42. The van der Waals surface area contributed by atoms with Crippen LogP contribution in [0.2, 0.25) is 0 Å². The number of hydrogen-bond acceptors (Lipinski definition) is 1. The van der Waals surface area contributed by atoms with Crippen molar-refractivity contribution in [1.29, 1.82) is 0 Å². The van der Waals surface area contributed by atoms with Crippen LogP contribution < -0.4 is 0 Å². The first kappa shape index (κ1) is 14.3. The Morgan fingerprint density at radius 3 is 1.44 bits per heavy atom. The molecule has 2 rings (SSSR count). The summed E-state index contributed by atoms with van der Waals surface area (Å²) in [5, 5.41) is 9.83. The van der Waals surface area contributed by atoms with E-state index in [4.69, 9.17) is 0 Å². The zero-order valence-electron chi connectivity index (χ0n) is 10.0. The quantitative estimate of drug-likeness (QED) is 0.676. The van der Waals surface area contributed by atoms with E-state index in [9.17, 15) is 5.11 Å². The fourth-order valence-electron chi connectivity index (χ4n) is 1.98. The molecule has 94 valence electrons. The highest BCUT2D eigenvalue weighted by Gasteiger charge is 2.27. The zero-order chi connectivity index (χ0) is 13.2. The SMILES string of the molecule is CC(CO)(c1ccc(I)cc1)c1ccc(I)cc1. The normalized spacial score (nSPS) is 11.6. The lowest BCUT2D eigenvalue weighted by atomic mass is 9.77. The van der Waals surface area contributed by atoms with Crippen LogP contribution in [0.4, 0.5) is 0 Å². The standard InChI is InChI=1S/C15H14I2O/c1-15(10-18,11-2-6-13(16)7-3-11)12-4-8-14(17)9-5-12/h2-9,18H,10H2,1H3. The summed E-state index contributed by atoms with van der Waals surface area (Å²) in [6.45, 7) is 2.19. The Morgan fingerprint density at radius 2 is 1.17 bits per heavy atom. The summed E-state index contributed by atoms with van der Waals surface area (Å²) in [6, 6.07) is 16.7. The monoisotopic (exact) mass is 464 g/mol. The maximum absolute atomic E-state index is 9.83. The van der Waals surface area contributed by atoms with E-state index in [2.05, 4.69) is 101 Å². The van der Waals surface area contributed by atoms with Crippen molar-refractivity contribution in [2.75, 3.05) is 6.61 Å². The topological polar surface area (TPSA) is 20.2 Å². The van der Waals surface area contributed by atoms with Crippen molar-refractivity contribution < 1.29 is 5.11 Å². The van der Waals surface area contributed by atoms with Crippen molar-refractivity contribution in [3.8, 4) is 0 Å². The van der Waals surface area contributed by atoms with Gasteiger partial charge in [-0.15, -0.1) is 0 Å². The Morgan fingerprint density at radius 1 is 0.833 bits per heavy atom. The molecular weight excluding hydrogens is 450 g/mol. The molecule has 0 unspecified atom stereocenters. The smallest absolute Gasteiger partial charge is 0.0566 e. The largest absolute Gasteiger partial charge is 0.395 e. The highest BCUT2D eigenvalue weighted by Crippen LogP contribution is 2.32. The molecule has 0 bridgehead atoms. The van der Waals surface area contributed by atoms with Gasteiger partial charge in [0, 0.05) is 12.6 Å². The maximum atomic E-state index is 9.83. The molecule has 0 heterocycles. The number of hydrogen-bond donors (Lipinski definition) is 1. The molecule has 0 saturated heterocycles. The summed E-state index contributed by atoms with van der Waals surface area (Å²) in [7, 11) is 0. The first-order valence-corrected chi connectivity index (χ1v) is 7.85. The summed E-state index contributed by atoms with van der Waals surface area (Å²) >= 11 is 4.58. The molecule has 0 aliphatic carbocycles. The third-order valence-corrected chi connectivity index (χ3v) is 4.72. The Hall–Kier alpha value is -0.140. The fourth-order valence-corrected chi connectivity index (χ4v) is 2.70. The van der Waals surface area contributed by atoms with Crippen LogP contribution in [0.15, 0.2) is 48.5 Å². The van der Waals surface area contributed by atoms with Gasteiger partial charge in [0.05, 0.1) is 6.61 Å². The molecule has 1 nitrogen and oxygen atoms in total. The average molecular weight is 464 g/mol. The van der Waals surface area contributed by atoms with E-state index in [1.54, 1.807) is 0 Å². The van der Waals surface area contributed by atoms with Crippen molar-refractivity contribution in [3.63, 3.8) is 0 Å². The second kappa shape index (κ2) is 5.88. The van der Waals surface area contributed by atoms with E-state index in [1.807, 2.05) is 0 Å².